The molecule has 0 aromatic carbocycles. The van der Waals surface area contributed by atoms with E-state index in [0.717, 1.165) is 19.3 Å². The summed E-state index contributed by atoms with van der Waals surface area (Å²) in [6, 6.07) is 0. The predicted octanol–water partition coefficient (Wildman–Crippen LogP) is 3.24. The van der Waals surface area contributed by atoms with E-state index in [-0.39, 0.29) is 11.6 Å². The van der Waals surface area contributed by atoms with Crippen molar-refractivity contribution >= 4 is 17.3 Å². The smallest absolute Gasteiger partial charge is 0.133 e. The van der Waals surface area contributed by atoms with E-state index in [0.29, 0.717) is 44.3 Å². The molecule has 0 saturated heterocycles. The fourth-order valence-corrected chi connectivity index (χ4v) is 1.63. The molecule has 0 aliphatic carbocycles. The standard InChI is InChI=1S/C14H24O3/c1-3-7-13(16)8-5-6-9-14(17)11-10-12(15)4-2/h3-11H2,1-2H3. The maximum absolute atomic E-state index is 11.4. The number of unbranched alkanes of at least 4 members (excludes halogenated alkanes) is 1. The minimum Gasteiger partial charge on any atom is -0.300 e. The Labute approximate surface area is 104 Å². The zero-order valence-corrected chi connectivity index (χ0v) is 11.1. The van der Waals surface area contributed by atoms with Gasteiger partial charge in [0, 0.05) is 38.5 Å². The molecule has 0 radical (unpaired) electrons. The molecule has 98 valence electrons. The van der Waals surface area contributed by atoms with Gasteiger partial charge in [-0.05, 0) is 19.3 Å². The van der Waals surface area contributed by atoms with Crippen LogP contribution in [0.15, 0.2) is 0 Å². The van der Waals surface area contributed by atoms with E-state index in [1.54, 1.807) is 0 Å². The fraction of sp³-hybridized carbons (Fsp3) is 0.786. The highest BCUT2D eigenvalue weighted by Crippen LogP contribution is 2.07. The van der Waals surface area contributed by atoms with Gasteiger partial charge in [0.2, 0.25) is 0 Å². The van der Waals surface area contributed by atoms with Crippen molar-refractivity contribution in [1.82, 2.24) is 0 Å². The van der Waals surface area contributed by atoms with Crippen molar-refractivity contribution in [1.29, 1.82) is 0 Å². The first-order chi connectivity index (χ1) is 8.10. The fourth-order valence-electron chi connectivity index (χ4n) is 1.63. The van der Waals surface area contributed by atoms with Gasteiger partial charge in [0.25, 0.3) is 0 Å². The minimum absolute atomic E-state index is 0.148. The zero-order chi connectivity index (χ0) is 13.1. The van der Waals surface area contributed by atoms with Gasteiger partial charge < -0.3 is 0 Å². The van der Waals surface area contributed by atoms with Gasteiger partial charge in [0.1, 0.15) is 17.3 Å². The summed E-state index contributed by atoms with van der Waals surface area (Å²) in [5.74, 6) is 0.590. The highest BCUT2D eigenvalue weighted by atomic mass is 16.1. The summed E-state index contributed by atoms with van der Waals surface area (Å²) in [7, 11) is 0. The van der Waals surface area contributed by atoms with Gasteiger partial charge in [-0.15, -0.1) is 0 Å². The molecule has 0 aromatic heterocycles. The summed E-state index contributed by atoms with van der Waals surface area (Å²) in [4.78, 5) is 33.6. The third kappa shape index (κ3) is 9.91. The first kappa shape index (κ1) is 16.0. The molecule has 0 N–H and O–H groups in total. The average molecular weight is 240 g/mol. The van der Waals surface area contributed by atoms with E-state index in [9.17, 15) is 14.4 Å². The maximum Gasteiger partial charge on any atom is 0.133 e. The SMILES string of the molecule is CCCC(=O)CCCCC(=O)CCC(=O)CC. The van der Waals surface area contributed by atoms with Crippen LogP contribution in [0.1, 0.15) is 71.6 Å². The first-order valence-electron chi connectivity index (χ1n) is 6.65. The van der Waals surface area contributed by atoms with E-state index < -0.39 is 0 Å². The summed E-state index contributed by atoms with van der Waals surface area (Å²) >= 11 is 0. The van der Waals surface area contributed by atoms with Gasteiger partial charge in [0.05, 0.1) is 0 Å². The number of carbonyl (C=O) groups excluding carboxylic acids is 3. The lowest BCUT2D eigenvalue weighted by Gasteiger charge is -2.00. The monoisotopic (exact) mass is 240 g/mol. The van der Waals surface area contributed by atoms with Crippen LogP contribution >= 0.6 is 0 Å². The molecule has 0 amide bonds. The molecular formula is C14H24O3. The van der Waals surface area contributed by atoms with E-state index in [1.807, 2.05) is 13.8 Å². The summed E-state index contributed by atoms with van der Waals surface area (Å²) in [5.41, 5.74) is 0. The highest BCUT2D eigenvalue weighted by molar-refractivity contribution is 5.85. The summed E-state index contributed by atoms with van der Waals surface area (Å²) in [6.07, 6.45) is 5.49. The Bertz CT molecular complexity index is 256. The number of hydrogen-bond acceptors (Lipinski definition) is 3. The normalized spacial score (nSPS) is 10.2. The third-order valence-corrected chi connectivity index (χ3v) is 2.77. The van der Waals surface area contributed by atoms with Gasteiger partial charge >= 0.3 is 0 Å². The van der Waals surface area contributed by atoms with Gasteiger partial charge in [-0.3, -0.25) is 14.4 Å². The second kappa shape index (κ2) is 10.2. The second-order valence-corrected chi connectivity index (χ2v) is 4.43. The minimum atomic E-state index is 0.148. The molecule has 17 heavy (non-hydrogen) atoms. The molecule has 3 nitrogen and oxygen atoms in total. The van der Waals surface area contributed by atoms with E-state index in [1.165, 1.54) is 0 Å². The van der Waals surface area contributed by atoms with Crippen LogP contribution in [0.2, 0.25) is 0 Å². The maximum atomic E-state index is 11.4. The largest absolute Gasteiger partial charge is 0.300 e. The molecule has 0 aromatic rings. The van der Waals surface area contributed by atoms with E-state index in [2.05, 4.69) is 0 Å². The van der Waals surface area contributed by atoms with Gasteiger partial charge in [0.15, 0.2) is 0 Å². The third-order valence-electron chi connectivity index (χ3n) is 2.77. The molecular weight excluding hydrogens is 216 g/mol. The number of carbonyl (C=O) groups is 3. The van der Waals surface area contributed by atoms with Crippen LogP contribution in [0.3, 0.4) is 0 Å². The quantitative estimate of drug-likeness (QED) is 0.521. The number of hydrogen-bond donors (Lipinski definition) is 0. The molecule has 3 heteroatoms. The summed E-state index contributed by atoms with van der Waals surface area (Å²) in [6.45, 7) is 3.80. The van der Waals surface area contributed by atoms with Crippen molar-refractivity contribution in [3.8, 4) is 0 Å². The van der Waals surface area contributed by atoms with Crippen LogP contribution < -0.4 is 0 Å². The lowest BCUT2D eigenvalue weighted by Crippen LogP contribution is -2.03. The Morgan fingerprint density at radius 2 is 1.12 bits per heavy atom. The van der Waals surface area contributed by atoms with E-state index in [4.69, 9.17) is 0 Å². The average Bonchev–Trinajstić information content (AvgIpc) is 2.32. The van der Waals surface area contributed by atoms with Crippen LogP contribution in [-0.2, 0) is 14.4 Å². The molecule has 0 saturated carbocycles. The Kier molecular flexibility index (Phi) is 9.59. The highest BCUT2D eigenvalue weighted by Gasteiger charge is 2.06. The Hall–Kier alpha value is -0.990. The number of rotatable bonds is 11. The first-order valence-corrected chi connectivity index (χ1v) is 6.65. The van der Waals surface area contributed by atoms with Gasteiger partial charge in [-0.2, -0.15) is 0 Å². The van der Waals surface area contributed by atoms with Crippen LogP contribution in [0, 0.1) is 0 Å². The number of Topliss-reactive ketones (excluding diaryl/α,β-unsaturated/α-hetero) is 3. The van der Waals surface area contributed by atoms with E-state index >= 15 is 0 Å². The summed E-state index contributed by atoms with van der Waals surface area (Å²) in [5, 5.41) is 0. The van der Waals surface area contributed by atoms with Crippen LogP contribution in [0.25, 0.3) is 0 Å². The van der Waals surface area contributed by atoms with Gasteiger partial charge in [-0.1, -0.05) is 13.8 Å². The lowest BCUT2D eigenvalue weighted by atomic mass is 10.0. The molecule has 0 unspecified atom stereocenters. The molecule has 0 fully saturated rings. The van der Waals surface area contributed by atoms with Crippen molar-refractivity contribution in [2.75, 3.05) is 0 Å². The molecule has 0 spiro atoms. The molecule has 0 heterocycles. The van der Waals surface area contributed by atoms with Crippen molar-refractivity contribution in [3.05, 3.63) is 0 Å². The molecule has 0 bridgehead atoms. The van der Waals surface area contributed by atoms with Crippen LogP contribution in [-0.4, -0.2) is 17.3 Å². The lowest BCUT2D eigenvalue weighted by molar-refractivity contribution is -0.124. The van der Waals surface area contributed by atoms with Gasteiger partial charge in [-0.25, -0.2) is 0 Å². The van der Waals surface area contributed by atoms with Crippen molar-refractivity contribution in [3.63, 3.8) is 0 Å². The zero-order valence-electron chi connectivity index (χ0n) is 11.1. The second-order valence-electron chi connectivity index (χ2n) is 4.43. The van der Waals surface area contributed by atoms with Crippen LogP contribution in [0.5, 0.6) is 0 Å². The molecule has 0 aliphatic heterocycles. The van der Waals surface area contributed by atoms with Crippen molar-refractivity contribution in [2.45, 2.75) is 71.6 Å². The Morgan fingerprint density at radius 3 is 1.59 bits per heavy atom. The van der Waals surface area contributed by atoms with Crippen molar-refractivity contribution in [2.24, 2.45) is 0 Å². The van der Waals surface area contributed by atoms with Crippen LogP contribution in [0.4, 0.5) is 0 Å². The van der Waals surface area contributed by atoms with Crippen molar-refractivity contribution < 1.29 is 14.4 Å². The Balaban J connectivity index is 3.45. The summed E-state index contributed by atoms with van der Waals surface area (Å²) < 4.78 is 0. The topological polar surface area (TPSA) is 51.2 Å². The number of ketones is 3. The Morgan fingerprint density at radius 1 is 0.647 bits per heavy atom. The molecule has 0 aliphatic rings. The molecule has 0 rings (SSSR count). The molecule has 0 atom stereocenters. The predicted molar refractivity (Wildman–Crippen MR) is 67.9 cm³/mol.